The zero-order valence-corrected chi connectivity index (χ0v) is 15.5. The highest BCUT2D eigenvalue weighted by Crippen LogP contribution is 2.35. The number of amides is 1. The van der Waals surface area contributed by atoms with E-state index in [1.807, 2.05) is 35.7 Å². The van der Waals surface area contributed by atoms with Gasteiger partial charge in [-0.25, -0.2) is 4.98 Å². The second-order valence-electron chi connectivity index (χ2n) is 5.59. The van der Waals surface area contributed by atoms with Gasteiger partial charge in [-0.3, -0.25) is 9.69 Å². The first-order chi connectivity index (χ1) is 12.8. The quantitative estimate of drug-likeness (QED) is 0.470. The van der Waals surface area contributed by atoms with Crippen molar-refractivity contribution in [3.05, 3.63) is 77.2 Å². The number of thiazole rings is 1. The molecule has 1 aliphatic rings. The summed E-state index contributed by atoms with van der Waals surface area (Å²) in [5, 5.41) is 5.41. The number of benzene rings is 2. The molecule has 4 nitrogen and oxygen atoms in total. The first-order valence-electron chi connectivity index (χ1n) is 8.04. The molecule has 1 fully saturated rings. The van der Waals surface area contributed by atoms with Crippen molar-refractivity contribution in [3.63, 3.8) is 0 Å². The Balaban J connectivity index is 1.75. The predicted octanol–water partition coefficient (Wildman–Crippen LogP) is 5.09. The van der Waals surface area contributed by atoms with Crippen molar-refractivity contribution < 1.29 is 4.79 Å². The van der Waals surface area contributed by atoms with Gasteiger partial charge in [0.25, 0.3) is 5.91 Å². The van der Waals surface area contributed by atoms with Crippen LogP contribution in [0.25, 0.3) is 16.8 Å². The number of aliphatic imine (C=N–C) groups is 1. The minimum Gasteiger partial charge on any atom is -0.282 e. The van der Waals surface area contributed by atoms with E-state index in [1.165, 1.54) is 23.1 Å². The molecule has 0 N–H and O–H groups in total. The van der Waals surface area contributed by atoms with Gasteiger partial charge in [0.2, 0.25) is 5.13 Å². The van der Waals surface area contributed by atoms with E-state index in [4.69, 9.17) is 0 Å². The van der Waals surface area contributed by atoms with Crippen LogP contribution in [0.2, 0.25) is 0 Å². The summed E-state index contributed by atoms with van der Waals surface area (Å²) >= 11 is 2.82. The second kappa shape index (κ2) is 7.27. The third kappa shape index (κ3) is 3.21. The lowest BCUT2D eigenvalue weighted by atomic mass is 10.0. The molecule has 0 unspecified atom stereocenters. The molecule has 0 bridgehead atoms. The van der Waals surface area contributed by atoms with Gasteiger partial charge in [0.05, 0.1) is 4.91 Å². The Kier molecular flexibility index (Phi) is 4.69. The van der Waals surface area contributed by atoms with Crippen molar-refractivity contribution in [1.29, 1.82) is 0 Å². The minimum absolute atomic E-state index is 0.0573. The summed E-state index contributed by atoms with van der Waals surface area (Å²) in [4.78, 5) is 23.9. The SMILES string of the molecule is C=CCN1C(=O)/C(=C/c2cccc3ccccc23)S/C1=N/c1nccs1. The number of carbonyl (C=O) groups excluding carboxylic acids is 1. The second-order valence-corrected chi connectivity index (χ2v) is 7.47. The number of hydrogen-bond donors (Lipinski definition) is 0. The lowest BCUT2D eigenvalue weighted by Crippen LogP contribution is -2.29. The van der Waals surface area contributed by atoms with Gasteiger partial charge in [-0.1, -0.05) is 48.5 Å². The van der Waals surface area contributed by atoms with Crippen LogP contribution in [0.3, 0.4) is 0 Å². The number of aromatic nitrogens is 1. The average molecular weight is 377 g/mol. The summed E-state index contributed by atoms with van der Waals surface area (Å²) in [6.45, 7) is 4.17. The maximum Gasteiger partial charge on any atom is 0.267 e. The van der Waals surface area contributed by atoms with Crippen molar-refractivity contribution in [2.24, 2.45) is 4.99 Å². The number of carbonyl (C=O) groups is 1. The number of amidine groups is 1. The fourth-order valence-corrected chi connectivity index (χ4v) is 4.29. The molecule has 2 heterocycles. The monoisotopic (exact) mass is 377 g/mol. The van der Waals surface area contributed by atoms with E-state index in [1.54, 1.807) is 17.2 Å². The molecule has 0 saturated carbocycles. The summed E-state index contributed by atoms with van der Waals surface area (Å²) in [7, 11) is 0. The van der Waals surface area contributed by atoms with Crippen LogP contribution in [-0.2, 0) is 4.79 Å². The van der Waals surface area contributed by atoms with Gasteiger partial charge in [-0.2, -0.15) is 4.99 Å². The molecule has 3 aromatic rings. The van der Waals surface area contributed by atoms with Gasteiger partial charge in [0.1, 0.15) is 0 Å². The van der Waals surface area contributed by atoms with Crippen LogP contribution in [-0.4, -0.2) is 27.5 Å². The maximum atomic E-state index is 12.9. The highest BCUT2D eigenvalue weighted by Gasteiger charge is 2.32. The highest BCUT2D eigenvalue weighted by molar-refractivity contribution is 8.18. The minimum atomic E-state index is -0.0573. The van der Waals surface area contributed by atoms with Gasteiger partial charge in [-0.05, 0) is 34.2 Å². The third-order valence-electron chi connectivity index (χ3n) is 3.92. The summed E-state index contributed by atoms with van der Waals surface area (Å²) in [6, 6.07) is 14.3. The van der Waals surface area contributed by atoms with Crippen molar-refractivity contribution >= 4 is 56.2 Å². The first kappa shape index (κ1) is 16.8. The van der Waals surface area contributed by atoms with Crippen molar-refractivity contribution in [2.75, 3.05) is 6.54 Å². The molecule has 4 rings (SSSR count). The molecule has 2 aromatic carbocycles. The molecule has 1 aromatic heterocycles. The van der Waals surface area contributed by atoms with Crippen LogP contribution in [0.5, 0.6) is 0 Å². The smallest absolute Gasteiger partial charge is 0.267 e. The molecular weight excluding hydrogens is 362 g/mol. The molecular formula is C20H15N3OS2. The van der Waals surface area contributed by atoms with Gasteiger partial charge >= 0.3 is 0 Å². The summed E-state index contributed by atoms with van der Waals surface area (Å²) in [5.41, 5.74) is 1.02. The number of nitrogens with zero attached hydrogens (tertiary/aromatic N) is 3. The van der Waals surface area contributed by atoms with Crippen LogP contribution >= 0.6 is 23.1 Å². The predicted molar refractivity (Wildman–Crippen MR) is 111 cm³/mol. The summed E-state index contributed by atoms with van der Waals surface area (Å²) in [5.74, 6) is -0.0573. The maximum absolute atomic E-state index is 12.9. The molecule has 0 aliphatic carbocycles. The largest absolute Gasteiger partial charge is 0.282 e. The zero-order valence-electron chi connectivity index (χ0n) is 13.8. The lowest BCUT2D eigenvalue weighted by molar-refractivity contribution is -0.121. The molecule has 1 aliphatic heterocycles. The molecule has 6 heteroatoms. The Morgan fingerprint density at radius 3 is 2.85 bits per heavy atom. The Labute approximate surface area is 159 Å². The van der Waals surface area contributed by atoms with E-state index in [-0.39, 0.29) is 5.91 Å². The number of thioether (sulfide) groups is 1. The Bertz CT molecular complexity index is 1030. The Morgan fingerprint density at radius 2 is 2.04 bits per heavy atom. The average Bonchev–Trinajstić information content (AvgIpc) is 3.27. The van der Waals surface area contributed by atoms with Crippen molar-refractivity contribution in [3.8, 4) is 0 Å². The van der Waals surface area contributed by atoms with Gasteiger partial charge in [0, 0.05) is 18.1 Å². The van der Waals surface area contributed by atoms with E-state index in [9.17, 15) is 4.79 Å². The lowest BCUT2D eigenvalue weighted by Gasteiger charge is -2.11. The number of hydrogen-bond acceptors (Lipinski definition) is 5. The first-order valence-corrected chi connectivity index (χ1v) is 9.74. The Hall–Kier alpha value is -2.70. The van der Waals surface area contributed by atoms with Gasteiger partial charge in [0.15, 0.2) is 5.17 Å². The van der Waals surface area contributed by atoms with Crippen LogP contribution in [0, 0.1) is 0 Å². The fraction of sp³-hybridized carbons (Fsp3) is 0.0500. The topological polar surface area (TPSA) is 45.6 Å². The molecule has 26 heavy (non-hydrogen) atoms. The molecule has 0 spiro atoms. The van der Waals surface area contributed by atoms with Crippen molar-refractivity contribution in [2.45, 2.75) is 0 Å². The van der Waals surface area contributed by atoms with E-state index >= 15 is 0 Å². The van der Waals surface area contributed by atoms with E-state index in [2.05, 4.69) is 34.8 Å². The molecule has 1 saturated heterocycles. The van der Waals surface area contributed by atoms with Crippen LogP contribution < -0.4 is 0 Å². The van der Waals surface area contributed by atoms with Crippen molar-refractivity contribution in [1.82, 2.24) is 9.88 Å². The summed E-state index contributed by atoms with van der Waals surface area (Å²) < 4.78 is 0. The Morgan fingerprint density at radius 1 is 1.19 bits per heavy atom. The van der Waals surface area contributed by atoms with E-state index in [0.717, 1.165) is 16.3 Å². The normalized spacial score (nSPS) is 17.5. The highest BCUT2D eigenvalue weighted by atomic mass is 32.2. The van der Waals surface area contributed by atoms with Crippen LogP contribution in [0.4, 0.5) is 5.13 Å². The zero-order chi connectivity index (χ0) is 17.9. The van der Waals surface area contributed by atoms with E-state index < -0.39 is 0 Å². The third-order valence-corrected chi connectivity index (χ3v) is 5.59. The fourth-order valence-electron chi connectivity index (χ4n) is 2.75. The van der Waals surface area contributed by atoms with Crippen LogP contribution in [0.1, 0.15) is 5.56 Å². The molecule has 0 radical (unpaired) electrons. The molecule has 0 atom stereocenters. The van der Waals surface area contributed by atoms with E-state index in [0.29, 0.717) is 21.7 Å². The van der Waals surface area contributed by atoms with Crippen LogP contribution in [0.15, 0.2) is 76.6 Å². The molecule has 1 amide bonds. The molecule has 128 valence electrons. The standard InChI is InChI=1S/C20H15N3OS2/c1-2-11-23-18(24)17(26-20(23)22-19-21-10-12-25-19)13-15-8-5-7-14-6-3-4-9-16(14)15/h2-10,12-13H,1,11H2/b17-13-,22-20+. The number of fused-ring (bicyclic) bond motifs is 1. The van der Waals surface area contributed by atoms with Gasteiger partial charge in [-0.15, -0.1) is 17.9 Å². The summed E-state index contributed by atoms with van der Waals surface area (Å²) in [6.07, 6.45) is 5.35. The number of rotatable bonds is 4. The van der Waals surface area contributed by atoms with Gasteiger partial charge < -0.3 is 0 Å².